The molecule has 97 heavy (non-hydrogen) atoms. The van der Waals surface area contributed by atoms with Crippen LogP contribution in [0.3, 0.4) is 0 Å². The van der Waals surface area contributed by atoms with E-state index in [0.717, 1.165) is 132 Å². The number of hydrogen-bond acceptors (Lipinski definition) is 8. The molecule has 10 nitrogen and oxygen atoms in total. The summed E-state index contributed by atoms with van der Waals surface area (Å²) in [5, 5.41) is 46.4. The molecular formula is C87H92N4O6. The zero-order valence-corrected chi connectivity index (χ0v) is 58.6. The van der Waals surface area contributed by atoms with Gasteiger partial charge in [-0.15, -0.1) is 0 Å². The monoisotopic (exact) mass is 1290 g/mol. The highest BCUT2D eigenvalue weighted by atomic mass is 16.5. The van der Waals surface area contributed by atoms with Gasteiger partial charge in [-0.25, -0.2) is 0 Å². The molecule has 2 aliphatic heterocycles. The van der Waals surface area contributed by atoms with Crippen LogP contribution in [-0.2, 0) is 56.9 Å². The van der Waals surface area contributed by atoms with E-state index in [1.165, 1.54) is 10.8 Å². The van der Waals surface area contributed by atoms with E-state index in [9.17, 15) is 19.8 Å². The van der Waals surface area contributed by atoms with E-state index in [1.807, 2.05) is 12.1 Å². The van der Waals surface area contributed by atoms with Crippen molar-refractivity contribution in [3.63, 3.8) is 0 Å². The molecule has 0 saturated carbocycles. The van der Waals surface area contributed by atoms with Crippen molar-refractivity contribution >= 4 is 87.8 Å². The number of phenolic OH excluding ortho intramolecular Hbond substituents is 2. The van der Waals surface area contributed by atoms with Gasteiger partial charge in [0, 0.05) is 74.0 Å². The first-order valence-electron chi connectivity index (χ1n) is 34.8. The second kappa shape index (κ2) is 25.0. The molecule has 10 bridgehead atoms. The Morgan fingerprint density at radius 1 is 0.371 bits per heavy atom. The number of carbonyl (C=O) groups is 2. The Morgan fingerprint density at radius 3 is 0.959 bits per heavy atom. The molecule has 12 aromatic rings. The van der Waals surface area contributed by atoms with Gasteiger partial charge in [0.15, 0.2) is 0 Å². The summed E-state index contributed by atoms with van der Waals surface area (Å²) in [5.74, 6) is 1.58. The first kappa shape index (κ1) is 65.1. The lowest BCUT2D eigenvalue weighted by Crippen LogP contribution is -2.40. The molecule has 496 valence electrons. The Hall–Kier alpha value is -9.22. The molecular weight excluding hydrogens is 1200 g/mol. The van der Waals surface area contributed by atoms with Gasteiger partial charge in [0.1, 0.15) is 36.2 Å². The molecule has 0 radical (unpaired) electrons. The number of anilines is 2. The van der Waals surface area contributed by atoms with E-state index in [1.54, 1.807) is 0 Å². The summed E-state index contributed by atoms with van der Waals surface area (Å²) >= 11 is 0. The lowest BCUT2D eigenvalue weighted by molar-refractivity contribution is -0.117. The number of rotatable bonds is 6. The standard InChI is InChI=1S/C87H92N4O6/c1-84(2,3)66-42-58-38-62-46-68(86(7,8)9)48-64-40-60-44-67(85(4,5)6)45-61(81(60)95)41-65-49-69(87(10,11)12)47-63(39-59(43-66)80(58)94)83(65)97-37-35-91(51-75(93)89-73-31-27-57-23-21-53-17-14-19-55-25-29-71(73)79(57)77(53)55)33-15-32-90(34-36-96-82(62)64)50-74(92)88-72-30-26-56-22-20-52-16-13-18-54-24-28-70(72)78(56)76(52)54/h13-14,16-31,42-49,94-95H,15,32-41,50-51H2,1-12H3,(H,88,92)(H,89,93). The predicted octanol–water partition coefficient (Wildman–Crippen LogP) is 18.8. The number of amides is 2. The third kappa shape index (κ3) is 13.0. The molecule has 0 fully saturated rings. The maximum Gasteiger partial charge on any atom is 0.238 e. The summed E-state index contributed by atoms with van der Waals surface area (Å²) in [6, 6.07) is 55.9. The van der Waals surface area contributed by atoms with Gasteiger partial charge in [0.2, 0.25) is 11.8 Å². The molecule has 0 aromatic heterocycles. The summed E-state index contributed by atoms with van der Waals surface area (Å²) in [6.07, 6.45) is 2.11. The van der Waals surface area contributed by atoms with Crippen molar-refractivity contribution in [2.45, 2.75) is 137 Å². The Labute approximate surface area is 571 Å². The number of phenols is 2. The van der Waals surface area contributed by atoms with Crippen LogP contribution >= 0.6 is 0 Å². The van der Waals surface area contributed by atoms with Gasteiger partial charge in [0.05, 0.1) is 13.1 Å². The highest BCUT2D eigenvalue weighted by molar-refractivity contribution is 6.27. The topological polar surface area (TPSA) is 124 Å². The van der Waals surface area contributed by atoms with Crippen molar-refractivity contribution in [2.24, 2.45) is 0 Å². The van der Waals surface area contributed by atoms with Crippen LogP contribution in [0.4, 0.5) is 11.4 Å². The lowest BCUT2D eigenvalue weighted by atomic mass is 9.79. The van der Waals surface area contributed by atoms with Crippen LogP contribution in [0, 0.1) is 0 Å². The van der Waals surface area contributed by atoms with E-state index in [-0.39, 0.29) is 71.3 Å². The summed E-state index contributed by atoms with van der Waals surface area (Å²) in [5.41, 5.74) is 11.7. The maximum atomic E-state index is 14.9. The number of fused-ring (bicyclic) bond motifs is 10. The van der Waals surface area contributed by atoms with Gasteiger partial charge in [-0.2, -0.15) is 0 Å². The van der Waals surface area contributed by atoms with Crippen LogP contribution in [0.1, 0.15) is 156 Å². The van der Waals surface area contributed by atoms with E-state index in [4.69, 9.17) is 9.47 Å². The van der Waals surface area contributed by atoms with Crippen LogP contribution in [0.2, 0.25) is 0 Å². The van der Waals surface area contributed by atoms with E-state index in [2.05, 4.69) is 249 Å². The molecule has 2 amide bonds. The van der Waals surface area contributed by atoms with Crippen LogP contribution in [-0.4, -0.2) is 84.3 Å². The predicted molar refractivity (Wildman–Crippen MR) is 401 cm³/mol. The van der Waals surface area contributed by atoms with Crippen molar-refractivity contribution in [3.05, 3.63) is 224 Å². The Morgan fingerprint density at radius 2 is 0.649 bits per heavy atom. The third-order valence-corrected chi connectivity index (χ3v) is 20.6. The van der Waals surface area contributed by atoms with Crippen molar-refractivity contribution in [3.8, 4) is 23.0 Å². The van der Waals surface area contributed by atoms with Crippen LogP contribution in [0.5, 0.6) is 23.0 Å². The zero-order chi connectivity index (χ0) is 68.0. The number of carbonyl (C=O) groups excluding carboxylic acids is 2. The highest BCUT2D eigenvalue weighted by Gasteiger charge is 2.30. The zero-order valence-electron chi connectivity index (χ0n) is 58.6. The van der Waals surface area contributed by atoms with Gasteiger partial charge in [-0.3, -0.25) is 19.4 Å². The fraction of sp³-hybridized carbons (Fsp3) is 0.333. The molecule has 0 unspecified atom stereocenters. The van der Waals surface area contributed by atoms with Crippen molar-refractivity contribution in [2.75, 3.05) is 63.1 Å². The lowest BCUT2D eigenvalue weighted by Gasteiger charge is -2.29. The van der Waals surface area contributed by atoms with E-state index >= 15 is 0 Å². The third-order valence-electron chi connectivity index (χ3n) is 20.6. The minimum atomic E-state index is -0.282. The number of nitrogens with one attached hydrogen (secondary N) is 2. The van der Waals surface area contributed by atoms with Crippen molar-refractivity contribution in [1.29, 1.82) is 0 Å². The van der Waals surface area contributed by atoms with E-state index < -0.39 is 0 Å². The first-order valence-corrected chi connectivity index (χ1v) is 34.8. The Bertz CT molecular complexity index is 4610. The molecule has 1 aliphatic carbocycles. The summed E-state index contributed by atoms with van der Waals surface area (Å²) in [7, 11) is 0. The SMILES string of the molecule is CC(C)(C)c1cc2c(O)c(c1)Cc1cc(C(C)(C)C)cc3c1OCCN(CC(=O)Nc1ccc4ccc5cccc6ccc1c4c56)CCCN(CC(=O)Nc1ccc4ccc5cccc6ccc1c4c56)CCOc1c(cc(C(C)(C)C)cc1Cc1cc(C(C)(C)C)cc(c1O)C3)C2. The molecule has 10 heteroatoms. The summed E-state index contributed by atoms with van der Waals surface area (Å²) in [6.45, 7) is 29.2. The molecule has 4 N–H and O–H groups in total. The van der Waals surface area contributed by atoms with Crippen LogP contribution in [0.25, 0.3) is 64.6 Å². The second-order valence-electron chi connectivity index (χ2n) is 31.9. The number of benzene rings is 12. The number of hydrogen-bond donors (Lipinski definition) is 4. The van der Waals surface area contributed by atoms with Crippen LogP contribution in [0.15, 0.2) is 158 Å². The van der Waals surface area contributed by atoms with Gasteiger partial charge in [0.25, 0.3) is 0 Å². The average Bonchev–Trinajstić information content (AvgIpc) is 0.751. The average molecular weight is 1290 g/mol. The Balaban J connectivity index is 0.905. The van der Waals surface area contributed by atoms with Crippen molar-refractivity contribution in [1.82, 2.24) is 9.80 Å². The number of aromatic hydroxyl groups is 2. The molecule has 3 aliphatic rings. The van der Waals surface area contributed by atoms with Gasteiger partial charge < -0.3 is 30.3 Å². The fourth-order valence-electron chi connectivity index (χ4n) is 15.1. The molecule has 12 aromatic carbocycles. The smallest absolute Gasteiger partial charge is 0.238 e. The quantitative estimate of drug-likeness (QED) is 0.121. The Kier molecular flexibility index (Phi) is 16.8. The maximum absolute atomic E-state index is 14.9. The molecule has 0 saturated heterocycles. The summed E-state index contributed by atoms with van der Waals surface area (Å²) in [4.78, 5) is 34.2. The second-order valence-corrected chi connectivity index (χ2v) is 31.9. The molecule has 2 heterocycles. The van der Waals surface area contributed by atoms with E-state index in [0.29, 0.717) is 69.8 Å². The largest absolute Gasteiger partial charge is 0.507 e. The summed E-state index contributed by atoms with van der Waals surface area (Å²) < 4.78 is 14.7. The fourth-order valence-corrected chi connectivity index (χ4v) is 15.1. The first-order chi connectivity index (χ1) is 46.2. The van der Waals surface area contributed by atoms with Gasteiger partial charge >= 0.3 is 0 Å². The number of nitrogens with zero attached hydrogens (tertiary/aromatic N) is 2. The minimum absolute atomic E-state index is 0.0782. The van der Waals surface area contributed by atoms with Crippen molar-refractivity contribution < 1.29 is 29.3 Å². The minimum Gasteiger partial charge on any atom is -0.507 e. The van der Waals surface area contributed by atoms with Gasteiger partial charge in [-0.05, 0) is 161 Å². The highest BCUT2D eigenvalue weighted by Crippen LogP contribution is 2.46. The molecule has 15 rings (SSSR count). The van der Waals surface area contributed by atoms with Crippen LogP contribution < -0.4 is 20.1 Å². The molecule has 0 atom stereocenters. The number of ether oxygens (including phenoxy) is 2. The molecule has 0 spiro atoms. The normalized spacial score (nSPS) is 15.1. The van der Waals surface area contributed by atoms with Gasteiger partial charge in [-0.1, -0.05) is 229 Å².